The minimum absolute atomic E-state index is 0.0970. The molecular weight excluding hydrogens is 490 g/mol. The van der Waals surface area contributed by atoms with Crippen molar-refractivity contribution in [1.82, 2.24) is 0 Å². The van der Waals surface area contributed by atoms with Crippen molar-refractivity contribution in [3.63, 3.8) is 0 Å². The topological polar surface area (TPSA) is 77.0 Å². The van der Waals surface area contributed by atoms with Gasteiger partial charge in [0.05, 0.1) is 19.8 Å². The second-order valence-electron chi connectivity index (χ2n) is 11.3. The van der Waals surface area contributed by atoms with Gasteiger partial charge in [-0.25, -0.2) is 4.79 Å². The Labute approximate surface area is 224 Å². The van der Waals surface area contributed by atoms with Gasteiger partial charge >= 0.3 is 5.97 Å². The van der Waals surface area contributed by atoms with E-state index in [9.17, 15) is 9.90 Å². The molecule has 0 saturated heterocycles. The lowest BCUT2D eigenvalue weighted by molar-refractivity contribution is -0.148. The summed E-state index contributed by atoms with van der Waals surface area (Å²) in [5, 5.41) is 14.0. The molecule has 1 spiro atoms. The van der Waals surface area contributed by atoms with Crippen LogP contribution in [0.2, 0.25) is 5.02 Å². The fourth-order valence-corrected chi connectivity index (χ4v) is 7.01. The Hall–Kier alpha value is -2.44. The number of aliphatic hydroxyl groups is 1. The fourth-order valence-electron chi connectivity index (χ4n) is 6.82. The highest BCUT2D eigenvalue weighted by atomic mass is 35.5. The van der Waals surface area contributed by atoms with Gasteiger partial charge in [-0.05, 0) is 104 Å². The summed E-state index contributed by atoms with van der Waals surface area (Å²) in [6, 6.07) is 11.9. The number of nitrogens with one attached hydrogen (secondary N) is 1. The minimum Gasteiger partial charge on any atom is -0.490 e. The van der Waals surface area contributed by atoms with Crippen LogP contribution in [0.5, 0.6) is 11.5 Å². The summed E-state index contributed by atoms with van der Waals surface area (Å²) in [6.07, 6.45) is 5.78. The van der Waals surface area contributed by atoms with Crippen molar-refractivity contribution in [3.8, 4) is 11.5 Å². The van der Waals surface area contributed by atoms with Crippen LogP contribution in [0, 0.1) is 11.8 Å². The van der Waals surface area contributed by atoms with Crippen molar-refractivity contribution >= 4 is 23.3 Å². The highest BCUT2D eigenvalue weighted by Gasteiger charge is 2.54. The molecule has 6 nitrogen and oxygen atoms in total. The number of methoxy groups -OCH3 is 1. The lowest BCUT2D eigenvalue weighted by Gasteiger charge is -2.47. The van der Waals surface area contributed by atoms with E-state index in [2.05, 4.69) is 31.3 Å². The maximum absolute atomic E-state index is 13.2. The molecule has 37 heavy (non-hydrogen) atoms. The van der Waals surface area contributed by atoms with Gasteiger partial charge in [-0.1, -0.05) is 24.6 Å². The smallest absolute Gasteiger partial charge is 0.331 e. The quantitative estimate of drug-likeness (QED) is 0.454. The van der Waals surface area contributed by atoms with Crippen LogP contribution in [0.15, 0.2) is 36.4 Å². The summed E-state index contributed by atoms with van der Waals surface area (Å²) in [5.41, 5.74) is 2.53. The lowest BCUT2D eigenvalue weighted by Crippen LogP contribution is -2.53. The number of rotatable bonds is 6. The van der Waals surface area contributed by atoms with Gasteiger partial charge in [-0.3, -0.25) is 0 Å². The number of esters is 1. The Morgan fingerprint density at radius 3 is 2.70 bits per heavy atom. The molecule has 5 rings (SSSR count). The van der Waals surface area contributed by atoms with Gasteiger partial charge in [0.25, 0.3) is 0 Å². The average Bonchev–Trinajstić information content (AvgIpc) is 3.02. The van der Waals surface area contributed by atoms with E-state index in [1.165, 1.54) is 18.2 Å². The Balaban J connectivity index is 1.50. The Bertz CT molecular complexity index is 1140. The molecule has 0 aromatic heterocycles. The van der Waals surface area contributed by atoms with Crippen molar-refractivity contribution in [2.45, 2.75) is 75.9 Å². The summed E-state index contributed by atoms with van der Waals surface area (Å²) >= 11 is 6.24. The van der Waals surface area contributed by atoms with Crippen molar-refractivity contribution in [1.29, 1.82) is 0 Å². The van der Waals surface area contributed by atoms with E-state index in [4.69, 9.17) is 25.8 Å². The Kier molecular flexibility index (Phi) is 7.34. The molecule has 0 radical (unpaired) electrons. The fraction of sp³-hybridized carbons (Fsp3) is 0.567. The highest BCUT2D eigenvalue weighted by Crippen LogP contribution is 2.58. The van der Waals surface area contributed by atoms with Crippen LogP contribution in [0.25, 0.3) is 0 Å². The molecule has 1 saturated carbocycles. The van der Waals surface area contributed by atoms with Gasteiger partial charge in [-0.2, -0.15) is 0 Å². The van der Waals surface area contributed by atoms with E-state index in [1.807, 2.05) is 24.3 Å². The maximum Gasteiger partial charge on any atom is 0.331 e. The predicted octanol–water partition coefficient (Wildman–Crippen LogP) is 5.92. The first-order chi connectivity index (χ1) is 17.8. The number of carbonyl (C=O) groups excluding carboxylic acids is 1. The van der Waals surface area contributed by atoms with E-state index < -0.39 is 5.54 Å². The van der Waals surface area contributed by atoms with Gasteiger partial charge in [0, 0.05) is 23.7 Å². The molecule has 2 aliphatic carbocycles. The first-order valence-corrected chi connectivity index (χ1v) is 13.9. The second kappa shape index (κ2) is 10.4. The molecule has 7 heteroatoms. The van der Waals surface area contributed by atoms with Crippen molar-refractivity contribution in [2.75, 3.05) is 25.6 Å². The number of hydrogen-bond acceptors (Lipinski definition) is 6. The van der Waals surface area contributed by atoms with Gasteiger partial charge in [-0.15, -0.1) is 0 Å². The number of halogens is 1. The van der Waals surface area contributed by atoms with Crippen LogP contribution in [0.3, 0.4) is 0 Å². The molecule has 1 heterocycles. The molecule has 1 fully saturated rings. The first-order valence-electron chi connectivity index (χ1n) is 13.5. The number of anilines is 1. The normalized spacial score (nSPS) is 29.3. The van der Waals surface area contributed by atoms with Crippen LogP contribution < -0.4 is 14.8 Å². The molecule has 2 aromatic rings. The SMILES string of the molecule is COC(=O)C1(Nc2cccc(Cl)c2)CCC2(CC1)c1cc3c(cc1C[C@@H]2C[C@@H](C)CO)OCC[C@H](C)O3. The monoisotopic (exact) mass is 527 g/mol. The van der Waals surface area contributed by atoms with Crippen LogP contribution >= 0.6 is 11.6 Å². The zero-order chi connectivity index (χ0) is 26.2. The summed E-state index contributed by atoms with van der Waals surface area (Å²) in [4.78, 5) is 13.2. The van der Waals surface area contributed by atoms with Crippen LogP contribution in [0.1, 0.15) is 63.5 Å². The summed E-state index contributed by atoms with van der Waals surface area (Å²) in [7, 11) is 1.46. The molecule has 0 unspecified atom stereocenters. The van der Waals surface area contributed by atoms with Gasteiger partial charge in [0.1, 0.15) is 5.54 Å². The molecule has 0 amide bonds. The third-order valence-electron chi connectivity index (χ3n) is 8.84. The van der Waals surface area contributed by atoms with E-state index in [1.54, 1.807) is 0 Å². The van der Waals surface area contributed by atoms with Crippen molar-refractivity contribution in [2.24, 2.45) is 11.8 Å². The standard InChI is InChI=1S/C30H38ClNO5/c1-19(18-33)13-22-14-21-15-26-27(37-20(2)7-12-36-26)17-25(21)29(22)8-10-30(11-9-29,28(34)35-3)32-24-6-4-5-23(31)16-24/h4-6,15-17,19-20,22,32-33H,7-14,18H2,1-3H3/t19-,20+,22+,29?,30?/m1/s1. The molecule has 3 aliphatic rings. The molecule has 3 atom stereocenters. The van der Waals surface area contributed by atoms with Crippen LogP contribution in [-0.2, 0) is 21.4 Å². The van der Waals surface area contributed by atoms with Crippen molar-refractivity contribution in [3.05, 3.63) is 52.5 Å². The molecule has 2 aromatic carbocycles. The minimum atomic E-state index is -0.819. The zero-order valence-electron chi connectivity index (χ0n) is 22.0. The van der Waals surface area contributed by atoms with E-state index >= 15 is 0 Å². The van der Waals surface area contributed by atoms with Gasteiger partial charge in [0.2, 0.25) is 0 Å². The van der Waals surface area contributed by atoms with E-state index in [-0.39, 0.29) is 30.0 Å². The van der Waals surface area contributed by atoms with Crippen LogP contribution in [0.4, 0.5) is 5.69 Å². The molecule has 1 aliphatic heterocycles. The van der Waals surface area contributed by atoms with Crippen molar-refractivity contribution < 1.29 is 24.1 Å². The largest absolute Gasteiger partial charge is 0.490 e. The summed E-state index contributed by atoms with van der Waals surface area (Å²) in [5.74, 6) is 1.99. The summed E-state index contributed by atoms with van der Waals surface area (Å²) in [6.45, 7) is 5.02. The third-order valence-corrected chi connectivity index (χ3v) is 9.08. The Morgan fingerprint density at radius 1 is 1.22 bits per heavy atom. The lowest BCUT2D eigenvalue weighted by atomic mass is 9.59. The Morgan fingerprint density at radius 2 is 2.00 bits per heavy atom. The van der Waals surface area contributed by atoms with Gasteiger partial charge in [0.15, 0.2) is 11.5 Å². The molecular formula is C30H38ClNO5. The average molecular weight is 528 g/mol. The maximum atomic E-state index is 13.2. The number of benzene rings is 2. The number of hydrogen-bond donors (Lipinski definition) is 2. The summed E-state index contributed by atoms with van der Waals surface area (Å²) < 4.78 is 17.7. The number of ether oxygens (including phenoxy) is 3. The highest BCUT2D eigenvalue weighted by molar-refractivity contribution is 6.30. The zero-order valence-corrected chi connectivity index (χ0v) is 22.8. The van der Waals surface area contributed by atoms with Crippen LogP contribution in [-0.4, -0.2) is 43.0 Å². The van der Waals surface area contributed by atoms with E-state index in [0.717, 1.165) is 49.3 Å². The second-order valence-corrected chi connectivity index (χ2v) is 11.7. The molecule has 2 N–H and O–H groups in total. The first kappa shape index (κ1) is 26.2. The predicted molar refractivity (Wildman–Crippen MR) is 145 cm³/mol. The van der Waals surface area contributed by atoms with E-state index in [0.29, 0.717) is 30.4 Å². The number of aliphatic hydroxyl groups excluding tert-OH is 1. The number of fused-ring (bicyclic) bond motifs is 3. The third kappa shape index (κ3) is 4.90. The van der Waals surface area contributed by atoms with Gasteiger partial charge < -0.3 is 24.6 Å². The number of carbonyl (C=O) groups is 1. The molecule has 200 valence electrons. The molecule has 0 bridgehead atoms.